The molecule has 1 heterocycles. The first-order valence-corrected chi connectivity index (χ1v) is 10.6. The third-order valence-electron chi connectivity index (χ3n) is 6.03. The molecule has 1 spiro atoms. The van der Waals surface area contributed by atoms with E-state index in [2.05, 4.69) is 51.9 Å². The maximum atomic E-state index is 5.88. The van der Waals surface area contributed by atoms with Crippen LogP contribution in [0.4, 0.5) is 5.13 Å². The molecule has 1 aromatic heterocycles. The molecule has 2 aliphatic carbocycles. The summed E-state index contributed by atoms with van der Waals surface area (Å²) in [5, 5.41) is 13.1. The van der Waals surface area contributed by atoms with Gasteiger partial charge in [-0.3, -0.25) is 0 Å². The Morgan fingerprint density at radius 3 is 2.61 bits per heavy atom. The van der Waals surface area contributed by atoms with E-state index in [1.165, 1.54) is 35.3 Å². The second kappa shape index (κ2) is 7.18. The van der Waals surface area contributed by atoms with Crippen LogP contribution in [-0.2, 0) is 19.6 Å². The topological polar surface area (TPSA) is 73.1 Å². The highest BCUT2D eigenvalue weighted by Gasteiger charge is 2.69. The molecule has 144 valence electrons. The third-order valence-corrected chi connectivity index (χ3v) is 6.79. The van der Waals surface area contributed by atoms with Crippen molar-refractivity contribution in [2.24, 2.45) is 11.3 Å². The van der Waals surface area contributed by atoms with Gasteiger partial charge in [0.15, 0.2) is 0 Å². The van der Waals surface area contributed by atoms with Gasteiger partial charge < -0.3 is 15.8 Å². The van der Waals surface area contributed by atoms with Crippen molar-refractivity contribution in [1.29, 1.82) is 0 Å². The largest absolute Gasteiger partial charge is 0.489 e. The molecule has 3 atom stereocenters. The monoisotopic (exact) mass is 392 g/mol. The summed E-state index contributed by atoms with van der Waals surface area (Å²) < 4.78 is 5.88. The highest BCUT2D eigenvalue weighted by molar-refractivity contribution is 7.15. The van der Waals surface area contributed by atoms with Crippen LogP contribution in [0.15, 0.2) is 54.6 Å². The van der Waals surface area contributed by atoms with Gasteiger partial charge in [0.2, 0.25) is 5.13 Å². The highest BCUT2D eigenvalue weighted by atomic mass is 32.1. The van der Waals surface area contributed by atoms with Gasteiger partial charge in [0.1, 0.15) is 17.4 Å². The van der Waals surface area contributed by atoms with E-state index in [9.17, 15) is 0 Å². The molecule has 2 unspecified atom stereocenters. The van der Waals surface area contributed by atoms with Crippen molar-refractivity contribution in [2.45, 2.75) is 38.5 Å². The molecule has 2 saturated carbocycles. The normalized spacial score (nSPS) is 25.0. The van der Waals surface area contributed by atoms with Crippen molar-refractivity contribution < 1.29 is 4.74 Å². The Morgan fingerprint density at radius 1 is 1.04 bits per heavy atom. The Hall–Kier alpha value is -2.44. The fourth-order valence-electron chi connectivity index (χ4n) is 4.24. The molecule has 0 radical (unpaired) electrons. The lowest BCUT2D eigenvalue weighted by atomic mass is 10.1. The molecule has 3 aromatic rings. The van der Waals surface area contributed by atoms with Gasteiger partial charge in [-0.15, -0.1) is 10.2 Å². The molecule has 28 heavy (non-hydrogen) atoms. The molecular formula is C22H24N4OS. The minimum atomic E-state index is 0.527. The average molecular weight is 393 g/mol. The number of nitrogen functional groups attached to an aromatic ring is 1. The zero-order valence-electron chi connectivity index (χ0n) is 15.7. The lowest BCUT2D eigenvalue weighted by Gasteiger charge is -2.07. The maximum absolute atomic E-state index is 5.88. The average Bonchev–Trinajstić information content (AvgIpc) is 3.56. The molecule has 0 saturated heterocycles. The first-order chi connectivity index (χ1) is 13.7. The number of nitrogens with one attached hydrogen (secondary N) is 1. The molecule has 2 fully saturated rings. The zero-order valence-corrected chi connectivity index (χ0v) is 16.5. The van der Waals surface area contributed by atoms with Crippen molar-refractivity contribution in [2.75, 3.05) is 5.73 Å². The van der Waals surface area contributed by atoms with Crippen LogP contribution in [-0.4, -0.2) is 16.2 Å². The molecule has 5 rings (SSSR count). The molecule has 5 nitrogen and oxygen atoms in total. The number of anilines is 1. The van der Waals surface area contributed by atoms with Crippen molar-refractivity contribution >= 4 is 16.5 Å². The van der Waals surface area contributed by atoms with Crippen LogP contribution in [0, 0.1) is 11.3 Å². The van der Waals surface area contributed by atoms with E-state index in [1.54, 1.807) is 0 Å². The Kier molecular flexibility index (Phi) is 4.53. The Labute approximate surface area is 169 Å². The van der Waals surface area contributed by atoms with Crippen LogP contribution < -0.4 is 15.8 Å². The summed E-state index contributed by atoms with van der Waals surface area (Å²) in [6, 6.07) is 19.5. The predicted molar refractivity (Wildman–Crippen MR) is 111 cm³/mol. The number of benzene rings is 2. The standard InChI is InChI=1S/C22H24N4OS/c23-21-26-25-20(28-21)13-24-19-12-22(19)11-17(22)10-15-6-8-18(9-7-15)27-14-16-4-2-1-3-5-16/h1-9,17,19,24H,10-14H2,(H2,23,26)/t17-,19?,22?/m1/s1. The van der Waals surface area contributed by atoms with Gasteiger partial charge in [0, 0.05) is 6.04 Å². The first-order valence-electron chi connectivity index (χ1n) is 9.78. The van der Waals surface area contributed by atoms with E-state index in [0.29, 0.717) is 23.2 Å². The van der Waals surface area contributed by atoms with Crippen molar-refractivity contribution in [1.82, 2.24) is 15.5 Å². The van der Waals surface area contributed by atoms with Crippen LogP contribution in [0.1, 0.15) is 29.0 Å². The van der Waals surface area contributed by atoms with Gasteiger partial charge >= 0.3 is 0 Å². The second-order valence-corrected chi connectivity index (χ2v) is 9.02. The van der Waals surface area contributed by atoms with Gasteiger partial charge in [-0.25, -0.2) is 0 Å². The Balaban J connectivity index is 1.08. The first kappa shape index (κ1) is 17.6. The molecular weight excluding hydrogens is 368 g/mol. The SMILES string of the molecule is Nc1nnc(CNC2CC23C[C@H]3Cc2ccc(OCc3ccccc3)cc2)s1. The van der Waals surface area contributed by atoms with Gasteiger partial charge in [0.05, 0.1) is 6.54 Å². The summed E-state index contributed by atoms with van der Waals surface area (Å²) in [5.41, 5.74) is 8.76. The van der Waals surface area contributed by atoms with Crippen molar-refractivity contribution in [3.63, 3.8) is 0 Å². The Morgan fingerprint density at radius 2 is 1.86 bits per heavy atom. The summed E-state index contributed by atoms with van der Waals surface area (Å²) >= 11 is 1.47. The molecule has 3 N–H and O–H groups in total. The number of hydrogen-bond donors (Lipinski definition) is 2. The molecule has 0 aliphatic heterocycles. The van der Waals surface area contributed by atoms with Gasteiger partial charge in [-0.1, -0.05) is 53.8 Å². The molecule has 2 aliphatic rings. The van der Waals surface area contributed by atoms with E-state index in [-0.39, 0.29) is 0 Å². The number of nitrogens with two attached hydrogens (primary N) is 1. The molecule has 6 heteroatoms. The summed E-state index contributed by atoms with van der Waals surface area (Å²) in [5.74, 6) is 1.72. The molecule has 2 aromatic carbocycles. The zero-order chi connectivity index (χ0) is 19.0. The highest BCUT2D eigenvalue weighted by Crippen LogP contribution is 2.71. The van der Waals surface area contributed by atoms with Crippen LogP contribution in [0.5, 0.6) is 5.75 Å². The number of hydrogen-bond acceptors (Lipinski definition) is 6. The second-order valence-electron chi connectivity index (χ2n) is 7.93. The van der Waals surface area contributed by atoms with Crippen LogP contribution in [0.25, 0.3) is 0 Å². The van der Waals surface area contributed by atoms with Crippen LogP contribution >= 0.6 is 11.3 Å². The lowest BCUT2D eigenvalue weighted by Crippen LogP contribution is -2.18. The van der Waals surface area contributed by atoms with Gasteiger partial charge in [-0.05, 0) is 53.9 Å². The lowest BCUT2D eigenvalue weighted by molar-refractivity contribution is 0.306. The van der Waals surface area contributed by atoms with E-state index < -0.39 is 0 Å². The third kappa shape index (κ3) is 3.75. The minimum absolute atomic E-state index is 0.527. The maximum Gasteiger partial charge on any atom is 0.203 e. The summed E-state index contributed by atoms with van der Waals surface area (Å²) in [6.07, 6.45) is 3.77. The van der Waals surface area contributed by atoms with Crippen LogP contribution in [0.2, 0.25) is 0 Å². The Bertz CT molecular complexity index is 943. The summed E-state index contributed by atoms with van der Waals surface area (Å²) in [7, 11) is 0. The van der Waals surface area contributed by atoms with Crippen molar-refractivity contribution in [3.05, 3.63) is 70.7 Å². The molecule has 0 bridgehead atoms. The predicted octanol–water partition coefficient (Wildman–Crippen LogP) is 3.81. The smallest absolute Gasteiger partial charge is 0.203 e. The number of aromatic nitrogens is 2. The summed E-state index contributed by atoms with van der Waals surface area (Å²) in [4.78, 5) is 0. The molecule has 0 amide bonds. The van der Waals surface area contributed by atoms with E-state index in [1.807, 2.05) is 18.2 Å². The fraction of sp³-hybridized carbons (Fsp3) is 0.364. The number of ether oxygens (including phenoxy) is 1. The van der Waals surface area contributed by atoms with Crippen LogP contribution in [0.3, 0.4) is 0 Å². The van der Waals surface area contributed by atoms with Gasteiger partial charge in [-0.2, -0.15) is 0 Å². The van der Waals surface area contributed by atoms with E-state index >= 15 is 0 Å². The fourth-order valence-corrected chi connectivity index (χ4v) is 4.80. The minimum Gasteiger partial charge on any atom is -0.489 e. The quantitative estimate of drug-likeness (QED) is 0.610. The van der Waals surface area contributed by atoms with E-state index in [4.69, 9.17) is 10.5 Å². The summed E-state index contributed by atoms with van der Waals surface area (Å²) in [6.45, 7) is 1.39. The number of nitrogens with zero attached hydrogens (tertiary/aromatic N) is 2. The van der Waals surface area contributed by atoms with E-state index in [0.717, 1.165) is 29.6 Å². The number of rotatable bonds is 8. The van der Waals surface area contributed by atoms with Gasteiger partial charge in [0.25, 0.3) is 0 Å². The van der Waals surface area contributed by atoms with Crippen molar-refractivity contribution in [3.8, 4) is 5.75 Å².